The number of carbonyl (C=O) groups excluding carboxylic acids is 4. The molecule has 0 radical (unpaired) electrons. The summed E-state index contributed by atoms with van der Waals surface area (Å²) in [5.74, 6) is -5.33. The normalized spacial score (nSPS) is 23.9. The first-order valence-corrected chi connectivity index (χ1v) is 11.4. The van der Waals surface area contributed by atoms with Gasteiger partial charge in [0, 0.05) is 28.3 Å². The molecule has 10 heteroatoms. The van der Waals surface area contributed by atoms with Crippen molar-refractivity contribution in [3.8, 4) is 0 Å². The predicted octanol–water partition coefficient (Wildman–Crippen LogP) is 3.94. The van der Waals surface area contributed by atoms with Crippen LogP contribution in [0.3, 0.4) is 0 Å². The lowest BCUT2D eigenvalue weighted by Crippen LogP contribution is -2.51. The Morgan fingerprint density at radius 1 is 0.833 bits per heavy atom. The molecule has 0 unspecified atom stereocenters. The summed E-state index contributed by atoms with van der Waals surface area (Å²) < 4.78 is 6.16. The van der Waals surface area contributed by atoms with Crippen LogP contribution in [0.2, 0.25) is 5.02 Å². The van der Waals surface area contributed by atoms with Crippen molar-refractivity contribution in [3.05, 3.63) is 105 Å². The summed E-state index contributed by atoms with van der Waals surface area (Å²) in [6.45, 7) is 0. The van der Waals surface area contributed by atoms with E-state index in [1.54, 1.807) is 12.1 Å². The Labute approximate surface area is 208 Å². The molecule has 3 atom stereocenters. The highest BCUT2D eigenvalue weighted by molar-refractivity contribution is 6.37. The van der Waals surface area contributed by atoms with Crippen molar-refractivity contribution in [1.29, 1.82) is 0 Å². The van der Waals surface area contributed by atoms with Crippen LogP contribution >= 0.6 is 11.6 Å². The third-order valence-corrected chi connectivity index (χ3v) is 7.29. The topological polar surface area (TPSA) is 124 Å². The Balaban J connectivity index is 1.52. The molecule has 0 aromatic heterocycles. The number of nitro groups is 1. The maximum absolute atomic E-state index is 13.8. The highest BCUT2D eigenvalue weighted by atomic mass is 35.5. The molecule has 2 fully saturated rings. The molecule has 1 spiro atoms. The number of imide groups is 1. The van der Waals surface area contributed by atoms with E-state index in [9.17, 15) is 29.3 Å². The van der Waals surface area contributed by atoms with Crippen LogP contribution in [-0.4, -0.2) is 33.9 Å². The Kier molecular flexibility index (Phi) is 4.73. The Morgan fingerprint density at radius 3 is 1.97 bits per heavy atom. The van der Waals surface area contributed by atoms with Crippen LogP contribution in [0.25, 0.3) is 0 Å². The average molecular weight is 503 g/mol. The monoisotopic (exact) mass is 502 g/mol. The van der Waals surface area contributed by atoms with E-state index in [1.807, 2.05) is 0 Å². The molecule has 6 rings (SSSR count). The number of halogens is 1. The molecule has 0 saturated carbocycles. The van der Waals surface area contributed by atoms with Crippen molar-refractivity contribution in [3.63, 3.8) is 0 Å². The summed E-state index contributed by atoms with van der Waals surface area (Å²) in [5.41, 5.74) is -1.57. The molecule has 3 aromatic rings. The van der Waals surface area contributed by atoms with E-state index in [-0.39, 0.29) is 22.5 Å². The van der Waals surface area contributed by atoms with Crippen LogP contribution in [0.5, 0.6) is 0 Å². The number of ether oxygens (including phenoxy) is 1. The summed E-state index contributed by atoms with van der Waals surface area (Å²) in [6, 6.07) is 17.5. The van der Waals surface area contributed by atoms with E-state index in [0.717, 1.165) is 4.90 Å². The number of rotatable bonds is 3. The highest BCUT2D eigenvalue weighted by Crippen LogP contribution is 2.57. The number of carbonyl (C=O) groups is 4. The van der Waals surface area contributed by atoms with Crippen molar-refractivity contribution in [2.45, 2.75) is 11.7 Å². The van der Waals surface area contributed by atoms with Crippen molar-refractivity contribution < 1.29 is 28.8 Å². The lowest BCUT2D eigenvalue weighted by atomic mass is 9.77. The Hall–Kier alpha value is -4.21. The summed E-state index contributed by atoms with van der Waals surface area (Å²) in [7, 11) is 0. The van der Waals surface area contributed by atoms with E-state index in [1.165, 1.54) is 60.7 Å². The summed E-state index contributed by atoms with van der Waals surface area (Å²) in [4.78, 5) is 66.4. The van der Waals surface area contributed by atoms with Crippen LogP contribution in [0.1, 0.15) is 32.4 Å². The SMILES string of the molecule is O=C1[C@H]2[C@@H](C(=O)N1c1ccc(Cl)cc1)C1(O[C@H]2c2ccc([N+](=O)[O-])cc2)C(=O)c2ccccc2C1=O. The van der Waals surface area contributed by atoms with Crippen molar-refractivity contribution in [2.75, 3.05) is 4.90 Å². The molecular formula is C26H15ClN2O7. The number of anilines is 1. The van der Waals surface area contributed by atoms with Crippen molar-refractivity contribution in [1.82, 2.24) is 0 Å². The quantitative estimate of drug-likeness (QED) is 0.230. The third kappa shape index (κ3) is 2.81. The van der Waals surface area contributed by atoms with Crippen LogP contribution in [-0.2, 0) is 14.3 Å². The number of nitro benzene ring substituents is 1. The highest BCUT2D eigenvalue weighted by Gasteiger charge is 2.74. The molecule has 3 aliphatic rings. The number of hydrogen-bond acceptors (Lipinski definition) is 7. The van der Waals surface area contributed by atoms with Gasteiger partial charge in [0.1, 0.15) is 0 Å². The van der Waals surface area contributed by atoms with Crippen LogP contribution < -0.4 is 4.90 Å². The van der Waals surface area contributed by atoms with Crippen LogP contribution in [0.4, 0.5) is 11.4 Å². The molecule has 0 N–H and O–H groups in total. The molecule has 2 heterocycles. The molecule has 178 valence electrons. The first kappa shape index (κ1) is 22.3. The summed E-state index contributed by atoms with van der Waals surface area (Å²) >= 11 is 5.97. The zero-order chi connectivity index (χ0) is 25.4. The second-order valence-electron chi connectivity index (χ2n) is 8.82. The smallest absolute Gasteiger partial charge is 0.269 e. The minimum atomic E-state index is -2.21. The fourth-order valence-corrected chi connectivity index (χ4v) is 5.57. The number of hydrogen-bond donors (Lipinski definition) is 0. The van der Waals surface area contributed by atoms with Gasteiger partial charge in [-0.15, -0.1) is 0 Å². The van der Waals surface area contributed by atoms with Gasteiger partial charge < -0.3 is 4.74 Å². The third-order valence-electron chi connectivity index (χ3n) is 7.04. The van der Waals surface area contributed by atoms with Crippen molar-refractivity contribution >= 4 is 46.4 Å². The van der Waals surface area contributed by atoms with Gasteiger partial charge in [0.05, 0.1) is 28.6 Å². The van der Waals surface area contributed by atoms with Crippen molar-refractivity contribution in [2.24, 2.45) is 11.8 Å². The molecule has 9 nitrogen and oxygen atoms in total. The van der Waals surface area contributed by atoms with Gasteiger partial charge >= 0.3 is 0 Å². The number of benzene rings is 3. The van der Waals surface area contributed by atoms with Gasteiger partial charge in [-0.2, -0.15) is 0 Å². The zero-order valence-electron chi connectivity index (χ0n) is 18.3. The van der Waals surface area contributed by atoms with Gasteiger partial charge in [-0.1, -0.05) is 35.9 Å². The molecular weight excluding hydrogens is 488 g/mol. The first-order valence-electron chi connectivity index (χ1n) is 11.0. The molecule has 1 aliphatic carbocycles. The fourth-order valence-electron chi connectivity index (χ4n) is 5.45. The number of Topliss-reactive ketones (excluding diaryl/α,β-unsaturated/α-hetero) is 2. The predicted molar refractivity (Wildman–Crippen MR) is 126 cm³/mol. The van der Waals surface area contributed by atoms with Gasteiger partial charge in [-0.05, 0) is 42.0 Å². The molecule has 2 aliphatic heterocycles. The fraction of sp³-hybridized carbons (Fsp3) is 0.154. The van der Waals surface area contributed by atoms with Gasteiger partial charge in [-0.25, -0.2) is 4.90 Å². The van der Waals surface area contributed by atoms with E-state index < -0.39 is 51.8 Å². The largest absolute Gasteiger partial charge is 0.349 e. The standard InChI is InChI=1S/C26H15ClN2O7/c27-14-7-11-15(12-8-14)28-24(32)19-20(25(28)33)26(22(30)17-3-1-2-4-18(17)23(26)31)36-21(19)13-5-9-16(10-6-13)29(34)35/h1-12,19-21H/t19-,20-,21-/m0/s1. The number of nitrogens with zero attached hydrogens (tertiary/aromatic N) is 2. The van der Waals surface area contributed by atoms with Gasteiger partial charge in [0.15, 0.2) is 0 Å². The summed E-state index contributed by atoms with van der Waals surface area (Å²) in [5, 5.41) is 11.5. The van der Waals surface area contributed by atoms with Crippen LogP contribution in [0.15, 0.2) is 72.8 Å². The second kappa shape index (κ2) is 7.64. The maximum atomic E-state index is 13.8. The Morgan fingerprint density at radius 2 is 1.42 bits per heavy atom. The van der Waals surface area contributed by atoms with E-state index in [4.69, 9.17) is 16.3 Å². The maximum Gasteiger partial charge on any atom is 0.269 e. The van der Waals surface area contributed by atoms with E-state index in [2.05, 4.69) is 0 Å². The van der Waals surface area contributed by atoms with Gasteiger partial charge in [-0.3, -0.25) is 29.3 Å². The second-order valence-corrected chi connectivity index (χ2v) is 9.25. The number of ketones is 2. The number of non-ortho nitro benzene ring substituents is 1. The van der Waals surface area contributed by atoms with E-state index >= 15 is 0 Å². The molecule has 3 aromatic carbocycles. The lowest BCUT2D eigenvalue weighted by molar-refractivity contribution is -0.384. The average Bonchev–Trinajstić information content (AvgIpc) is 3.45. The van der Waals surface area contributed by atoms with E-state index in [0.29, 0.717) is 10.6 Å². The molecule has 0 bridgehead atoms. The van der Waals surface area contributed by atoms with Crippen LogP contribution in [0, 0.1) is 22.0 Å². The molecule has 2 amide bonds. The minimum Gasteiger partial charge on any atom is -0.349 e. The summed E-state index contributed by atoms with van der Waals surface area (Å²) in [6.07, 6.45) is -1.16. The van der Waals surface area contributed by atoms with Gasteiger partial charge in [0.25, 0.3) is 5.69 Å². The van der Waals surface area contributed by atoms with Gasteiger partial charge in [0.2, 0.25) is 29.0 Å². The minimum absolute atomic E-state index is 0.121. The number of fused-ring (bicyclic) bond motifs is 3. The molecule has 36 heavy (non-hydrogen) atoms. The Bertz CT molecular complexity index is 1460. The zero-order valence-corrected chi connectivity index (χ0v) is 19.0. The number of amides is 2. The lowest BCUT2D eigenvalue weighted by Gasteiger charge is -2.27. The molecule has 2 saturated heterocycles. The first-order chi connectivity index (χ1) is 17.3.